The molecule has 0 amide bonds. The summed E-state index contributed by atoms with van der Waals surface area (Å²) in [6.45, 7) is 1.47. The lowest BCUT2D eigenvalue weighted by Gasteiger charge is -2.22. The van der Waals surface area contributed by atoms with E-state index in [1.165, 1.54) is 0 Å². The van der Waals surface area contributed by atoms with Crippen LogP contribution in [-0.4, -0.2) is 24.1 Å². The first kappa shape index (κ1) is 12.3. The van der Waals surface area contributed by atoms with Gasteiger partial charge in [0.1, 0.15) is 6.10 Å². The average Bonchev–Trinajstić information content (AvgIpc) is 2.40. The molecule has 0 saturated carbocycles. The molecule has 92 valence electrons. The first-order valence-corrected chi connectivity index (χ1v) is 6.11. The van der Waals surface area contributed by atoms with Gasteiger partial charge >= 0.3 is 0 Å². The number of aliphatic hydroxyl groups excluding tert-OH is 1. The van der Waals surface area contributed by atoms with Gasteiger partial charge in [0, 0.05) is 19.6 Å². The number of Topliss-reactive ketones (excluding diaryl/α,β-unsaturated/α-hetero) is 1. The van der Waals surface area contributed by atoms with Crippen molar-refractivity contribution < 1.29 is 14.6 Å². The van der Waals surface area contributed by atoms with Crippen molar-refractivity contribution in [1.82, 2.24) is 0 Å². The maximum Gasteiger partial charge on any atom is 0.166 e. The van der Waals surface area contributed by atoms with E-state index in [1.54, 1.807) is 12.1 Å². The number of ether oxygens (including phenoxy) is 1. The van der Waals surface area contributed by atoms with E-state index < -0.39 is 6.10 Å². The molecule has 1 N–H and O–H groups in total. The van der Waals surface area contributed by atoms with Crippen LogP contribution in [0, 0.1) is 5.92 Å². The summed E-state index contributed by atoms with van der Waals surface area (Å²) in [5, 5.41) is 9.94. The number of ketones is 1. The predicted octanol–water partition coefficient (Wildman–Crippen LogP) is 2.11. The predicted molar refractivity (Wildman–Crippen MR) is 64.6 cm³/mol. The Labute approximate surface area is 101 Å². The fourth-order valence-corrected chi connectivity index (χ4v) is 2.17. The van der Waals surface area contributed by atoms with Crippen LogP contribution in [0.1, 0.15) is 30.9 Å². The van der Waals surface area contributed by atoms with Crippen molar-refractivity contribution in [2.45, 2.75) is 25.4 Å². The van der Waals surface area contributed by atoms with E-state index in [4.69, 9.17) is 4.74 Å². The standard InChI is InChI=1S/C14H18O3/c15-13(10-11-6-8-17-9-7-11)14(16)12-4-2-1-3-5-12/h1-5,11,14,16H,6-10H2. The third-order valence-electron chi connectivity index (χ3n) is 3.25. The Morgan fingerprint density at radius 2 is 1.94 bits per heavy atom. The number of aliphatic hydroxyl groups is 1. The van der Waals surface area contributed by atoms with Crippen LogP contribution in [0.2, 0.25) is 0 Å². The molecule has 0 aromatic heterocycles. The van der Waals surface area contributed by atoms with Crippen LogP contribution in [0.15, 0.2) is 30.3 Å². The number of carbonyl (C=O) groups is 1. The largest absolute Gasteiger partial charge is 0.381 e. The van der Waals surface area contributed by atoms with Crippen LogP contribution >= 0.6 is 0 Å². The molecule has 1 aromatic carbocycles. The molecule has 1 heterocycles. The summed E-state index contributed by atoms with van der Waals surface area (Å²) in [6, 6.07) is 9.11. The van der Waals surface area contributed by atoms with Crippen molar-refractivity contribution in [2.75, 3.05) is 13.2 Å². The monoisotopic (exact) mass is 234 g/mol. The second-order valence-corrected chi connectivity index (χ2v) is 4.54. The van der Waals surface area contributed by atoms with Crippen LogP contribution in [-0.2, 0) is 9.53 Å². The molecule has 0 radical (unpaired) electrons. The fraction of sp³-hybridized carbons (Fsp3) is 0.500. The Morgan fingerprint density at radius 1 is 1.29 bits per heavy atom. The van der Waals surface area contributed by atoms with Gasteiger partial charge < -0.3 is 9.84 Å². The lowest BCUT2D eigenvalue weighted by Crippen LogP contribution is -2.21. The highest BCUT2D eigenvalue weighted by atomic mass is 16.5. The number of hydrogen-bond donors (Lipinski definition) is 1. The molecule has 3 nitrogen and oxygen atoms in total. The first-order chi connectivity index (χ1) is 8.27. The molecule has 1 unspecified atom stereocenters. The smallest absolute Gasteiger partial charge is 0.166 e. The second kappa shape index (κ2) is 5.94. The summed E-state index contributed by atoms with van der Waals surface area (Å²) in [7, 11) is 0. The maximum absolute atomic E-state index is 11.9. The second-order valence-electron chi connectivity index (χ2n) is 4.54. The molecule has 2 rings (SSSR count). The Morgan fingerprint density at radius 3 is 2.59 bits per heavy atom. The maximum atomic E-state index is 11.9. The van der Waals surface area contributed by atoms with E-state index in [0.29, 0.717) is 17.9 Å². The highest BCUT2D eigenvalue weighted by molar-refractivity contribution is 5.84. The van der Waals surface area contributed by atoms with Gasteiger partial charge in [0.05, 0.1) is 0 Å². The van der Waals surface area contributed by atoms with E-state index in [2.05, 4.69) is 0 Å². The summed E-state index contributed by atoms with van der Waals surface area (Å²) < 4.78 is 5.25. The van der Waals surface area contributed by atoms with Crippen molar-refractivity contribution in [1.29, 1.82) is 0 Å². The van der Waals surface area contributed by atoms with Gasteiger partial charge in [0.15, 0.2) is 5.78 Å². The number of hydrogen-bond acceptors (Lipinski definition) is 3. The summed E-state index contributed by atoms with van der Waals surface area (Å²) in [5.74, 6) is 0.290. The van der Waals surface area contributed by atoms with Crippen molar-refractivity contribution >= 4 is 5.78 Å². The molecular weight excluding hydrogens is 216 g/mol. The summed E-state index contributed by atoms with van der Waals surface area (Å²) in [5.41, 5.74) is 0.685. The minimum atomic E-state index is -0.973. The van der Waals surface area contributed by atoms with E-state index in [0.717, 1.165) is 26.1 Å². The Bertz CT molecular complexity index is 355. The van der Waals surface area contributed by atoms with Crippen LogP contribution in [0.3, 0.4) is 0 Å². The van der Waals surface area contributed by atoms with Crippen LogP contribution in [0.5, 0.6) is 0 Å². The van der Waals surface area contributed by atoms with Crippen LogP contribution in [0.25, 0.3) is 0 Å². The highest BCUT2D eigenvalue weighted by Crippen LogP contribution is 2.23. The number of rotatable bonds is 4. The Hall–Kier alpha value is -1.19. The lowest BCUT2D eigenvalue weighted by atomic mass is 9.91. The summed E-state index contributed by atoms with van der Waals surface area (Å²) in [4.78, 5) is 11.9. The SMILES string of the molecule is O=C(CC1CCOCC1)C(O)c1ccccc1. The van der Waals surface area contributed by atoms with Crippen molar-refractivity contribution in [3.05, 3.63) is 35.9 Å². The van der Waals surface area contributed by atoms with Crippen molar-refractivity contribution in [2.24, 2.45) is 5.92 Å². The van der Waals surface area contributed by atoms with Gasteiger partial charge in [-0.05, 0) is 24.3 Å². The van der Waals surface area contributed by atoms with Gasteiger partial charge in [-0.15, -0.1) is 0 Å². The van der Waals surface area contributed by atoms with Crippen molar-refractivity contribution in [3.8, 4) is 0 Å². The molecule has 1 saturated heterocycles. The van der Waals surface area contributed by atoms with Gasteiger partial charge in [0.2, 0.25) is 0 Å². The molecule has 17 heavy (non-hydrogen) atoms. The minimum absolute atomic E-state index is 0.0805. The summed E-state index contributed by atoms with van der Waals surface area (Å²) in [6.07, 6.45) is 1.33. The number of benzene rings is 1. The van der Waals surface area contributed by atoms with Gasteiger partial charge in [-0.1, -0.05) is 30.3 Å². The summed E-state index contributed by atoms with van der Waals surface area (Å²) >= 11 is 0. The first-order valence-electron chi connectivity index (χ1n) is 6.11. The molecule has 0 spiro atoms. The average molecular weight is 234 g/mol. The molecule has 0 aliphatic carbocycles. The van der Waals surface area contributed by atoms with E-state index in [-0.39, 0.29) is 5.78 Å². The van der Waals surface area contributed by atoms with Crippen LogP contribution in [0.4, 0.5) is 0 Å². The topological polar surface area (TPSA) is 46.5 Å². The third kappa shape index (κ3) is 3.38. The van der Waals surface area contributed by atoms with E-state index in [9.17, 15) is 9.90 Å². The van der Waals surface area contributed by atoms with Gasteiger partial charge in [-0.2, -0.15) is 0 Å². The van der Waals surface area contributed by atoms with E-state index in [1.807, 2.05) is 18.2 Å². The third-order valence-corrected chi connectivity index (χ3v) is 3.25. The normalized spacial score (nSPS) is 18.9. The van der Waals surface area contributed by atoms with Gasteiger partial charge in [-0.3, -0.25) is 4.79 Å². The fourth-order valence-electron chi connectivity index (χ4n) is 2.17. The molecule has 3 heteroatoms. The molecule has 1 atom stereocenters. The molecule has 1 aliphatic heterocycles. The zero-order valence-corrected chi connectivity index (χ0v) is 9.84. The Kier molecular flexibility index (Phi) is 4.29. The molecule has 1 fully saturated rings. The van der Waals surface area contributed by atoms with Crippen LogP contribution < -0.4 is 0 Å². The molecule has 1 aliphatic rings. The molecule has 1 aromatic rings. The molecule has 0 bridgehead atoms. The zero-order valence-electron chi connectivity index (χ0n) is 9.84. The van der Waals surface area contributed by atoms with Crippen molar-refractivity contribution in [3.63, 3.8) is 0 Å². The van der Waals surface area contributed by atoms with Gasteiger partial charge in [-0.25, -0.2) is 0 Å². The number of carbonyl (C=O) groups excluding carboxylic acids is 1. The van der Waals surface area contributed by atoms with Gasteiger partial charge in [0.25, 0.3) is 0 Å². The zero-order chi connectivity index (χ0) is 12.1. The highest BCUT2D eigenvalue weighted by Gasteiger charge is 2.22. The molecular formula is C14H18O3. The minimum Gasteiger partial charge on any atom is -0.381 e. The van der Waals surface area contributed by atoms with E-state index >= 15 is 0 Å². The quantitative estimate of drug-likeness (QED) is 0.867. The Balaban J connectivity index is 1.91. The lowest BCUT2D eigenvalue weighted by molar-refractivity contribution is -0.129.